The van der Waals surface area contributed by atoms with E-state index in [1.807, 2.05) is 0 Å². The molecule has 1 aliphatic rings. The zero-order chi connectivity index (χ0) is 8.27. The number of rotatable bonds is 2. The van der Waals surface area contributed by atoms with Gasteiger partial charge in [-0.1, -0.05) is 13.8 Å². The van der Waals surface area contributed by atoms with E-state index < -0.39 is 0 Å². The lowest BCUT2D eigenvalue weighted by atomic mass is 9.94. The predicted molar refractivity (Wildman–Crippen MR) is 48.7 cm³/mol. The Morgan fingerprint density at radius 3 is 2.82 bits per heavy atom. The summed E-state index contributed by atoms with van der Waals surface area (Å²) in [5.41, 5.74) is 0. The second-order valence-electron chi connectivity index (χ2n) is 3.69. The second-order valence-corrected chi connectivity index (χ2v) is 3.69. The van der Waals surface area contributed by atoms with Crippen LogP contribution in [-0.2, 0) is 0 Å². The van der Waals surface area contributed by atoms with E-state index in [0.717, 1.165) is 18.5 Å². The van der Waals surface area contributed by atoms with Gasteiger partial charge in [-0.2, -0.15) is 0 Å². The van der Waals surface area contributed by atoms with Crippen LogP contribution in [0.4, 0.5) is 0 Å². The molecule has 2 atom stereocenters. The van der Waals surface area contributed by atoms with Crippen LogP contribution < -0.4 is 5.32 Å². The Morgan fingerprint density at radius 2 is 2.27 bits per heavy atom. The molecule has 2 unspecified atom stereocenters. The molecule has 1 saturated heterocycles. The molecule has 1 heterocycles. The zero-order valence-corrected chi connectivity index (χ0v) is 7.93. The average Bonchev–Trinajstić information content (AvgIpc) is 1.95. The quantitative estimate of drug-likeness (QED) is 0.640. The van der Waals surface area contributed by atoms with Crippen LogP contribution in [0, 0.1) is 5.92 Å². The molecule has 2 heteroatoms. The van der Waals surface area contributed by atoms with Gasteiger partial charge >= 0.3 is 0 Å². The molecule has 0 spiro atoms. The third kappa shape index (κ3) is 2.46. The number of hydrogen-bond donors (Lipinski definition) is 1. The highest BCUT2D eigenvalue weighted by Crippen LogP contribution is 2.14. The summed E-state index contributed by atoms with van der Waals surface area (Å²) >= 11 is 0. The van der Waals surface area contributed by atoms with Gasteiger partial charge in [0.15, 0.2) is 0 Å². The topological polar surface area (TPSA) is 15.3 Å². The number of piperidine rings is 1. The fourth-order valence-electron chi connectivity index (χ4n) is 1.92. The Bertz CT molecular complexity index is 114. The van der Waals surface area contributed by atoms with Crippen molar-refractivity contribution in [3.05, 3.63) is 0 Å². The average molecular weight is 156 g/mol. The molecule has 0 saturated carbocycles. The first-order chi connectivity index (χ1) is 5.24. The van der Waals surface area contributed by atoms with Crippen molar-refractivity contribution >= 4 is 0 Å². The summed E-state index contributed by atoms with van der Waals surface area (Å²) in [6, 6.07) is 0.760. The van der Waals surface area contributed by atoms with Crippen LogP contribution in [0.5, 0.6) is 0 Å². The Labute approximate surface area is 70.0 Å². The molecule has 1 aliphatic heterocycles. The van der Waals surface area contributed by atoms with Crippen molar-refractivity contribution in [2.24, 2.45) is 5.92 Å². The fourth-order valence-corrected chi connectivity index (χ4v) is 1.92. The van der Waals surface area contributed by atoms with E-state index in [0.29, 0.717) is 0 Å². The fraction of sp³-hybridized carbons (Fsp3) is 1.00. The van der Waals surface area contributed by atoms with Crippen molar-refractivity contribution in [1.29, 1.82) is 0 Å². The Hall–Kier alpha value is -0.0800. The van der Waals surface area contributed by atoms with Crippen molar-refractivity contribution in [3.8, 4) is 0 Å². The lowest BCUT2D eigenvalue weighted by Crippen LogP contribution is -2.46. The zero-order valence-electron chi connectivity index (χ0n) is 7.93. The van der Waals surface area contributed by atoms with Crippen LogP contribution in [0.25, 0.3) is 0 Å². The monoisotopic (exact) mass is 156 g/mol. The lowest BCUT2D eigenvalue weighted by molar-refractivity contribution is 0.176. The SMILES string of the molecule is CCNC1CCN(C)CC1C. The third-order valence-electron chi connectivity index (χ3n) is 2.57. The van der Waals surface area contributed by atoms with E-state index in [-0.39, 0.29) is 0 Å². The van der Waals surface area contributed by atoms with E-state index >= 15 is 0 Å². The highest BCUT2D eigenvalue weighted by Gasteiger charge is 2.22. The van der Waals surface area contributed by atoms with Gasteiger partial charge in [-0.25, -0.2) is 0 Å². The maximum absolute atomic E-state index is 3.53. The number of hydrogen-bond acceptors (Lipinski definition) is 2. The van der Waals surface area contributed by atoms with Crippen LogP contribution in [0.2, 0.25) is 0 Å². The van der Waals surface area contributed by atoms with Crippen LogP contribution in [0.3, 0.4) is 0 Å². The van der Waals surface area contributed by atoms with E-state index in [1.165, 1.54) is 19.5 Å². The summed E-state index contributed by atoms with van der Waals surface area (Å²) in [5, 5.41) is 3.53. The van der Waals surface area contributed by atoms with E-state index in [4.69, 9.17) is 0 Å². The molecule has 0 aromatic carbocycles. The first-order valence-electron chi connectivity index (χ1n) is 4.66. The van der Waals surface area contributed by atoms with Crippen molar-refractivity contribution in [3.63, 3.8) is 0 Å². The molecule has 0 bridgehead atoms. The summed E-state index contributed by atoms with van der Waals surface area (Å²) in [6.07, 6.45) is 1.31. The predicted octanol–water partition coefficient (Wildman–Crippen LogP) is 0.936. The van der Waals surface area contributed by atoms with Gasteiger partial charge in [0.1, 0.15) is 0 Å². The van der Waals surface area contributed by atoms with Gasteiger partial charge in [0.2, 0.25) is 0 Å². The summed E-state index contributed by atoms with van der Waals surface area (Å²) in [4.78, 5) is 2.42. The molecule has 0 radical (unpaired) electrons. The van der Waals surface area contributed by atoms with E-state index in [1.54, 1.807) is 0 Å². The summed E-state index contributed by atoms with van der Waals surface area (Å²) in [7, 11) is 2.21. The number of nitrogens with zero attached hydrogens (tertiary/aromatic N) is 1. The minimum Gasteiger partial charge on any atom is -0.314 e. The van der Waals surface area contributed by atoms with Crippen molar-refractivity contribution in [1.82, 2.24) is 10.2 Å². The highest BCUT2D eigenvalue weighted by atomic mass is 15.1. The molecule has 11 heavy (non-hydrogen) atoms. The molecule has 1 N–H and O–H groups in total. The molecule has 0 aliphatic carbocycles. The van der Waals surface area contributed by atoms with Gasteiger partial charge in [-0.3, -0.25) is 0 Å². The van der Waals surface area contributed by atoms with Gasteiger partial charge in [-0.15, -0.1) is 0 Å². The van der Waals surface area contributed by atoms with E-state index in [2.05, 4.69) is 31.1 Å². The number of nitrogens with one attached hydrogen (secondary N) is 1. The first kappa shape index (κ1) is 9.01. The molecule has 0 aromatic rings. The maximum Gasteiger partial charge on any atom is 0.0117 e. The van der Waals surface area contributed by atoms with Crippen molar-refractivity contribution < 1.29 is 0 Å². The molecule has 0 amide bonds. The van der Waals surface area contributed by atoms with Crippen molar-refractivity contribution in [2.75, 3.05) is 26.7 Å². The summed E-state index contributed by atoms with van der Waals surface area (Å²) < 4.78 is 0. The van der Waals surface area contributed by atoms with E-state index in [9.17, 15) is 0 Å². The molecule has 66 valence electrons. The smallest absolute Gasteiger partial charge is 0.0117 e. The van der Waals surface area contributed by atoms with Gasteiger partial charge in [0.05, 0.1) is 0 Å². The summed E-state index contributed by atoms with van der Waals surface area (Å²) in [6.45, 7) is 8.13. The van der Waals surface area contributed by atoms with Gasteiger partial charge in [0, 0.05) is 12.6 Å². The normalized spacial score (nSPS) is 34.1. The van der Waals surface area contributed by atoms with Crippen LogP contribution in [-0.4, -0.2) is 37.6 Å². The first-order valence-corrected chi connectivity index (χ1v) is 4.66. The largest absolute Gasteiger partial charge is 0.314 e. The third-order valence-corrected chi connectivity index (χ3v) is 2.57. The van der Waals surface area contributed by atoms with Gasteiger partial charge in [-0.05, 0) is 32.5 Å². The molecular formula is C9H20N2. The minimum absolute atomic E-state index is 0.760. The standard InChI is InChI=1S/C9H20N2/c1-4-10-9-5-6-11(3)7-8(9)2/h8-10H,4-7H2,1-3H3. The van der Waals surface area contributed by atoms with Crippen molar-refractivity contribution in [2.45, 2.75) is 26.3 Å². The van der Waals surface area contributed by atoms with Crippen LogP contribution in [0.15, 0.2) is 0 Å². The second kappa shape index (κ2) is 4.07. The molecular weight excluding hydrogens is 136 g/mol. The molecule has 1 fully saturated rings. The lowest BCUT2D eigenvalue weighted by Gasteiger charge is -2.35. The highest BCUT2D eigenvalue weighted by molar-refractivity contribution is 4.80. The minimum atomic E-state index is 0.760. The molecule has 0 aromatic heterocycles. The molecule has 2 nitrogen and oxygen atoms in total. The van der Waals surface area contributed by atoms with Crippen LogP contribution >= 0.6 is 0 Å². The Balaban J connectivity index is 2.31. The Morgan fingerprint density at radius 1 is 1.55 bits per heavy atom. The Kier molecular flexibility index (Phi) is 3.34. The van der Waals surface area contributed by atoms with Crippen LogP contribution in [0.1, 0.15) is 20.3 Å². The van der Waals surface area contributed by atoms with Gasteiger partial charge < -0.3 is 10.2 Å². The summed E-state index contributed by atoms with van der Waals surface area (Å²) in [5.74, 6) is 0.814. The number of likely N-dealkylation sites (tertiary alicyclic amines) is 1. The maximum atomic E-state index is 3.53. The molecule has 1 rings (SSSR count). The van der Waals surface area contributed by atoms with Gasteiger partial charge in [0.25, 0.3) is 0 Å².